The quantitative estimate of drug-likeness (QED) is 0.675. The molecule has 0 aromatic heterocycles. The second-order valence-electron chi connectivity index (χ2n) is 12.9. The summed E-state index contributed by atoms with van der Waals surface area (Å²) < 4.78 is 5.63. The minimum atomic E-state index is -0.650. The van der Waals surface area contributed by atoms with Crippen molar-refractivity contribution in [3.05, 3.63) is 0 Å². The van der Waals surface area contributed by atoms with E-state index in [2.05, 4.69) is 23.6 Å². The Morgan fingerprint density at radius 2 is 1.62 bits per heavy atom. The lowest BCUT2D eigenvalue weighted by Crippen LogP contribution is -2.65. The van der Waals surface area contributed by atoms with Crippen LogP contribution in [-0.2, 0) is 4.74 Å². The second kappa shape index (κ2) is 7.91. The van der Waals surface area contributed by atoms with Gasteiger partial charge >= 0.3 is 0 Å². The van der Waals surface area contributed by atoms with Crippen molar-refractivity contribution in [2.75, 3.05) is 32.8 Å². The van der Waals surface area contributed by atoms with Crippen LogP contribution >= 0.6 is 0 Å². The van der Waals surface area contributed by atoms with E-state index < -0.39 is 5.72 Å². The van der Waals surface area contributed by atoms with Crippen LogP contribution in [0.1, 0.15) is 84.5 Å². The van der Waals surface area contributed by atoms with Crippen molar-refractivity contribution < 1.29 is 14.9 Å². The number of morpholine rings is 1. The molecule has 4 saturated carbocycles. The SMILES string of the molecule is C[C@]12CCC(O)CC1CC[C@@H]1[C@H]2CC[C@@]2(C)[C@H]1CCC2(O)N1CCCC1N1CCOCC1. The van der Waals surface area contributed by atoms with Crippen LogP contribution < -0.4 is 0 Å². The molecule has 5 heteroatoms. The standard InChI is InChI=1S/C27H46N2O3/c1-25-10-7-20(30)18-19(25)5-6-21-22(25)8-11-26(2)23(21)9-12-27(26,31)29-13-3-4-24(29)28-14-16-32-17-15-28/h19-24,30-31H,3-18H2,1-2H3/t19?,20?,21-,22-,23+,24?,25+,26+,27?/m1/s1. The van der Waals surface area contributed by atoms with Gasteiger partial charge in [-0.15, -0.1) is 0 Å². The van der Waals surface area contributed by atoms with Crippen LogP contribution in [0.2, 0.25) is 0 Å². The van der Waals surface area contributed by atoms with Gasteiger partial charge in [-0.25, -0.2) is 0 Å². The molecule has 0 radical (unpaired) electrons. The summed E-state index contributed by atoms with van der Waals surface area (Å²) in [6.07, 6.45) is 13.2. The number of hydrogen-bond acceptors (Lipinski definition) is 5. The molecule has 0 spiro atoms. The van der Waals surface area contributed by atoms with Crippen LogP contribution in [0, 0.1) is 34.5 Å². The van der Waals surface area contributed by atoms with Crippen molar-refractivity contribution >= 4 is 0 Å². The Balaban J connectivity index is 1.26. The topological polar surface area (TPSA) is 56.2 Å². The number of fused-ring (bicyclic) bond motifs is 5. The molecule has 4 aliphatic carbocycles. The number of hydrogen-bond donors (Lipinski definition) is 2. The van der Waals surface area contributed by atoms with Crippen LogP contribution in [0.5, 0.6) is 0 Å². The van der Waals surface area contributed by atoms with Crippen molar-refractivity contribution in [1.29, 1.82) is 0 Å². The molecular weight excluding hydrogens is 400 g/mol. The number of aliphatic hydroxyl groups is 2. The number of aliphatic hydroxyl groups excluding tert-OH is 1. The van der Waals surface area contributed by atoms with Gasteiger partial charge < -0.3 is 14.9 Å². The first kappa shape index (κ1) is 22.3. The molecule has 0 bridgehead atoms. The van der Waals surface area contributed by atoms with E-state index in [1.54, 1.807) is 0 Å². The molecular formula is C27H46N2O3. The van der Waals surface area contributed by atoms with E-state index in [1.165, 1.54) is 51.4 Å². The molecule has 32 heavy (non-hydrogen) atoms. The first-order valence-electron chi connectivity index (χ1n) is 13.9. The number of likely N-dealkylation sites (tertiary alicyclic amines) is 1. The molecule has 6 rings (SSSR count). The van der Waals surface area contributed by atoms with E-state index in [-0.39, 0.29) is 11.5 Å². The van der Waals surface area contributed by atoms with Crippen LogP contribution in [-0.4, -0.2) is 70.9 Å². The Hall–Kier alpha value is -0.200. The molecule has 5 nitrogen and oxygen atoms in total. The molecule has 2 N–H and O–H groups in total. The number of nitrogens with zero attached hydrogens (tertiary/aromatic N) is 2. The van der Waals surface area contributed by atoms with Gasteiger partial charge in [0.15, 0.2) is 0 Å². The lowest BCUT2D eigenvalue weighted by molar-refractivity contribution is -0.233. The van der Waals surface area contributed by atoms with Crippen LogP contribution in [0.4, 0.5) is 0 Å². The van der Waals surface area contributed by atoms with E-state index in [0.29, 0.717) is 23.4 Å². The monoisotopic (exact) mass is 446 g/mol. The second-order valence-corrected chi connectivity index (χ2v) is 12.9. The summed E-state index contributed by atoms with van der Waals surface area (Å²) >= 11 is 0. The maximum Gasteiger partial charge on any atom is 0.125 e. The minimum Gasteiger partial charge on any atom is -0.393 e. The van der Waals surface area contributed by atoms with Gasteiger partial charge in [0.05, 0.1) is 25.5 Å². The number of ether oxygens (including phenoxy) is 1. The highest BCUT2D eigenvalue weighted by atomic mass is 16.5. The maximum absolute atomic E-state index is 12.5. The van der Waals surface area contributed by atoms with E-state index in [0.717, 1.165) is 63.9 Å². The van der Waals surface area contributed by atoms with Gasteiger partial charge in [0.1, 0.15) is 5.72 Å². The molecule has 0 aromatic carbocycles. The van der Waals surface area contributed by atoms with Crippen molar-refractivity contribution in [2.24, 2.45) is 34.5 Å². The van der Waals surface area contributed by atoms with E-state index in [1.807, 2.05) is 0 Å². The molecule has 9 atom stereocenters. The third-order valence-corrected chi connectivity index (χ3v) is 11.9. The lowest BCUT2D eigenvalue weighted by atomic mass is 9.44. The predicted molar refractivity (Wildman–Crippen MR) is 125 cm³/mol. The summed E-state index contributed by atoms with van der Waals surface area (Å²) in [7, 11) is 0. The first-order chi connectivity index (χ1) is 15.4. The third kappa shape index (κ3) is 3.07. The highest BCUT2D eigenvalue weighted by Crippen LogP contribution is 2.69. The molecule has 2 aliphatic heterocycles. The molecule has 2 heterocycles. The van der Waals surface area contributed by atoms with E-state index in [9.17, 15) is 10.2 Å². The van der Waals surface area contributed by atoms with Crippen molar-refractivity contribution in [3.63, 3.8) is 0 Å². The van der Waals surface area contributed by atoms with Crippen LogP contribution in [0.3, 0.4) is 0 Å². The predicted octanol–water partition coefficient (Wildman–Crippen LogP) is 3.83. The summed E-state index contributed by atoms with van der Waals surface area (Å²) in [5, 5.41) is 22.8. The zero-order chi connectivity index (χ0) is 22.1. The fraction of sp³-hybridized carbons (Fsp3) is 1.00. The molecule has 4 unspecified atom stereocenters. The average molecular weight is 447 g/mol. The fourth-order valence-electron chi connectivity index (χ4n) is 10.1. The fourth-order valence-corrected chi connectivity index (χ4v) is 10.1. The first-order valence-corrected chi connectivity index (χ1v) is 13.9. The van der Waals surface area contributed by atoms with Gasteiger partial charge in [-0.2, -0.15) is 0 Å². The van der Waals surface area contributed by atoms with Crippen molar-refractivity contribution in [3.8, 4) is 0 Å². The Kier molecular flexibility index (Phi) is 5.51. The smallest absolute Gasteiger partial charge is 0.125 e. The molecule has 0 aromatic rings. The lowest BCUT2D eigenvalue weighted by Gasteiger charge is -2.62. The Morgan fingerprint density at radius 3 is 2.44 bits per heavy atom. The van der Waals surface area contributed by atoms with Crippen molar-refractivity contribution in [2.45, 2.75) is 102 Å². The maximum atomic E-state index is 12.5. The normalized spacial score (nSPS) is 54.8. The number of rotatable bonds is 2. The van der Waals surface area contributed by atoms with E-state index in [4.69, 9.17) is 4.74 Å². The largest absolute Gasteiger partial charge is 0.393 e. The Morgan fingerprint density at radius 1 is 0.844 bits per heavy atom. The minimum absolute atomic E-state index is 0.0143. The summed E-state index contributed by atoms with van der Waals surface area (Å²) in [6.45, 7) is 9.77. The summed E-state index contributed by atoms with van der Waals surface area (Å²) in [5.41, 5.74) is -0.225. The molecule has 182 valence electrons. The Labute approximate surface area is 194 Å². The van der Waals surface area contributed by atoms with Crippen molar-refractivity contribution in [1.82, 2.24) is 9.80 Å². The summed E-state index contributed by atoms with van der Waals surface area (Å²) in [4.78, 5) is 5.15. The van der Waals surface area contributed by atoms with Gasteiger partial charge in [-0.05, 0) is 99.7 Å². The summed E-state index contributed by atoms with van der Waals surface area (Å²) in [5.74, 6) is 2.93. The van der Waals surface area contributed by atoms with Crippen LogP contribution in [0.25, 0.3) is 0 Å². The van der Waals surface area contributed by atoms with Gasteiger partial charge in [-0.1, -0.05) is 13.8 Å². The molecule has 2 saturated heterocycles. The zero-order valence-corrected chi connectivity index (χ0v) is 20.5. The summed E-state index contributed by atoms with van der Waals surface area (Å²) in [6, 6.07) is 0. The van der Waals surface area contributed by atoms with Gasteiger partial charge in [-0.3, -0.25) is 9.80 Å². The average Bonchev–Trinajstić information content (AvgIpc) is 3.39. The Bertz CT molecular complexity index is 713. The van der Waals surface area contributed by atoms with Gasteiger partial charge in [0.25, 0.3) is 0 Å². The van der Waals surface area contributed by atoms with Gasteiger partial charge in [0, 0.05) is 25.0 Å². The van der Waals surface area contributed by atoms with Crippen LogP contribution in [0.15, 0.2) is 0 Å². The van der Waals surface area contributed by atoms with Gasteiger partial charge in [0.2, 0.25) is 0 Å². The highest BCUT2D eigenvalue weighted by Gasteiger charge is 2.67. The molecule has 6 aliphatic rings. The van der Waals surface area contributed by atoms with E-state index >= 15 is 0 Å². The zero-order valence-electron chi connectivity index (χ0n) is 20.5. The third-order valence-electron chi connectivity index (χ3n) is 11.9. The molecule has 0 amide bonds. The highest BCUT2D eigenvalue weighted by molar-refractivity contribution is 5.14. The molecule has 6 fully saturated rings.